The Hall–Kier alpha value is -2.10. The fraction of sp³-hybridized carbons (Fsp3) is 0.333. The van der Waals surface area contributed by atoms with Gasteiger partial charge in [-0.3, -0.25) is 0 Å². The zero-order chi connectivity index (χ0) is 14.0. The van der Waals surface area contributed by atoms with Crippen LogP contribution in [0.15, 0.2) is 30.5 Å². The Bertz CT molecular complexity index is 588. The van der Waals surface area contributed by atoms with Crippen LogP contribution >= 0.6 is 0 Å². The first-order valence-electron chi connectivity index (χ1n) is 6.24. The molecule has 0 unspecified atom stereocenters. The van der Waals surface area contributed by atoms with Crippen LogP contribution in [0.25, 0.3) is 0 Å². The van der Waals surface area contributed by atoms with E-state index in [1.54, 1.807) is 12.3 Å². The molecule has 0 radical (unpaired) electrons. The molecular formula is C15H19N3O. The molecule has 19 heavy (non-hydrogen) atoms. The Kier molecular flexibility index (Phi) is 3.42. The molecule has 0 fully saturated rings. The number of benzene rings is 1. The summed E-state index contributed by atoms with van der Waals surface area (Å²) in [5.41, 5.74) is 7.87. The molecule has 2 rings (SSSR count). The highest BCUT2D eigenvalue weighted by Crippen LogP contribution is 2.34. The molecule has 0 saturated heterocycles. The van der Waals surface area contributed by atoms with Gasteiger partial charge in [0.1, 0.15) is 11.6 Å². The van der Waals surface area contributed by atoms with Crippen LogP contribution in [0, 0.1) is 6.92 Å². The predicted molar refractivity (Wildman–Crippen MR) is 76.4 cm³/mol. The first kappa shape index (κ1) is 13.3. The van der Waals surface area contributed by atoms with Gasteiger partial charge in [0.05, 0.1) is 0 Å². The quantitative estimate of drug-likeness (QED) is 0.895. The normalized spacial score (nSPS) is 11.4. The molecule has 0 bridgehead atoms. The zero-order valence-electron chi connectivity index (χ0n) is 11.8. The summed E-state index contributed by atoms with van der Waals surface area (Å²) in [6.07, 6.45) is 1.59. The van der Waals surface area contributed by atoms with Gasteiger partial charge in [0.15, 0.2) is 0 Å². The summed E-state index contributed by atoms with van der Waals surface area (Å²) < 4.78 is 5.80. The van der Waals surface area contributed by atoms with Crippen LogP contribution in [-0.2, 0) is 5.41 Å². The zero-order valence-corrected chi connectivity index (χ0v) is 11.8. The van der Waals surface area contributed by atoms with Gasteiger partial charge in [-0.15, -0.1) is 0 Å². The van der Waals surface area contributed by atoms with Gasteiger partial charge in [0.25, 0.3) is 0 Å². The van der Waals surface area contributed by atoms with Gasteiger partial charge in [0, 0.05) is 11.8 Å². The van der Waals surface area contributed by atoms with E-state index in [2.05, 4.69) is 42.9 Å². The molecule has 0 aliphatic rings. The van der Waals surface area contributed by atoms with Crippen molar-refractivity contribution in [1.29, 1.82) is 0 Å². The average Bonchev–Trinajstić information content (AvgIpc) is 2.27. The molecule has 0 aliphatic carbocycles. The number of anilines is 1. The standard InChI is InChI=1S/C15H19N3O/c1-10-5-6-11(15(2,3)4)12(9-10)19-14-17-8-7-13(16)18-14/h5-9H,1-4H3,(H2,16,17,18). The van der Waals surface area contributed by atoms with Gasteiger partial charge < -0.3 is 10.5 Å². The number of hydrogen-bond donors (Lipinski definition) is 1. The molecule has 2 N–H and O–H groups in total. The van der Waals surface area contributed by atoms with E-state index in [1.165, 1.54) is 0 Å². The number of rotatable bonds is 2. The van der Waals surface area contributed by atoms with E-state index in [1.807, 2.05) is 13.0 Å². The van der Waals surface area contributed by atoms with Crippen LogP contribution in [0.5, 0.6) is 11.8 Å². The molecule has 0 saturated carbocycles. The lowest BCUT2D eigenvalue weighted by Crippen LogP contribution is -2.13. The minimum absolute atomic E-state index is 0.0106. The Morgan fingerprint density at radius 3 is 2.53 bits per heavy atom. The third-order valence-corrected chi connectivity index (χ3v) is 2.80. The Balaban J connectivity index is 2.41. The van der Waals surface area contributed by atoms with Crippen LogP contribution in [0.1, 0.15) is 31.9 Å². The van der Waals surface area contributed by atoms with Crippen molar-refractivity contribution in [2.24, 2.45) is 0 Å². The first-order chi connectivity index (χ1) is 8.86. The number of ether oxygens (including phenoxy) is 1. The van der Waals surface area contributed by atoms with Crippen LogP contribution in [0.2, 0.25) is 0 Å². The maximum atomic E-state index is 5.80. The molecule has 100 valence electrons. The molecular weight excluding hydrogens is 238 g/mol. The van der Waals surface area contributed by atoms with Gasteiger partial charge in [-0.25, -0.2) is 4.98 Å². The molecule has 0 aliphatic heterocycles. The van der Waals surface area contributed by atoms with E-state index in [-0.39, 0.29) is 11.4 Å². The minimum atomic E-state index is -0.0106. The largest absolute Gasteiger partial charge is 0.424 e. The Morgan fingerprint density at radius 2 is 1.89 bits per heavy atom. The molecule has 4 nitrogen and oxygen atoms in total. The summed E-state index contributed by atoms with van der Waals surface area (Å²) in [6, 6.07) is 8.06. The van der Waals surface area contributed by atoms with Crippen molar-refractivity contribution in [1.82, 2.24) is 9.97 Å². The van der Waals surface area contributed by atoms with E-state index >= 15 is 0 Å². The maximum absolute atomic E-state index is 5.80. The second-order valence-corrected chi connectivity index (χ2v) is 5.62. The highest BCUT2D eigenvalue weighted by molar-refractivity contribution is 5.43. The number of aryl methyl sites for hydroxylation is 1. The third kappa shape index (κ3) is 3.22. The predicted octanol–water partition coefficient (Wildman–Crippen LogP) is 3.46. The lowest BCUT2D eigenvalue weighted by atomic mass is 9.86. The number of aromatic nitrogens is 2. The fourth-order valence-electron chi connectivity index (χ4n) is 1.84. The average molecular weight is 257 g/mol. The molecule has 1 aromatic heterocycles. The summed E-state index contributed by atoms with van der Waals surface area (Å²) in [5, 5.41) is 0. The lowest BCUT2D eigenvalue weighted by molar-refractivity contribution is 0.423. The number of nitrogen functional groups attached to an aromatic ring is 1. The minimum Gasteiger partial charge on any atom is -0.424 e. The van der Waals surface area contributed by atoms with Gasteiger partial charge in [-0.1, -0.05) is 32.9 Å². The van der Waals surface area contributed by atoms with Crippen LogP contribution in [0.4, 0.5) is 5.82 Å². The van der Waals surface area contributed by atoms with Crippen LogP contribution in [0.3, 0.4) is 0 Å². The number of nitrogens with two attached hydrogens (primary N) is 1. The highest BCUT2D eigenvalue weighted by Gasteiger charge is 2.19. The molecule has 1 heterocycles. The van der Waals surface area contributed by atoms with Crippen molar-refractivity contribution >= 4 is 5.82 Å². The van der Waals surface area contributed by atoms with Crippen LogP contribution in [-0.4, -0.2) is 9.97 Å². The second-order valence-electron chi connectivity index (χ2n) is 5.62. The van der Waals surface area contributed by atoms with E-state index in [9.17, 15) is 0 Å². The number of hydrogen-bond acceptors (Lipinski definition) is 4. The van der Waals surface area contributed by atoms with Gasteiger partial charge in [-0.2, -0.15) is 4.98 Å². The first-order valence-corrected chi connectivity index (χ1v) is 6.24. The SMILES string of the molecule is Cc1ccc(C(C)(C)C)c(Oc2nccc(N)n2)c1. The highest BCUT2D eigenvalue weighted by atomic mass is 16.5. The summed E-state index contributed by atoms with van der Waals surface area (Å²) in [6.45, 7) is 8.46. The van der Waals surface area contributed by atoms with E-state index < -0.39 is 0 Å². The number of nitrogens with zero attached hydrogens (tertiary/aromatic N) is 2. The lowest BCUT2D eigenvalue weighted by Gasteiger charge is -2.22. The van der Waals surface area contributed by atoms with Crippen molar-refractivity contribution in [2.45, 2.75) is 33.1 Å². The molecule has 0 spiro atoms. The fourth-order valence-corrected chi connectivity index (χ4v) is 1.84. The van der Waals surface area contributed by atoms with E-state index in [0.717, 1.165) is 16.9 Å². The maximum Gasteiger partial charge on any atom is 0.323 e. The van der Waals surface area contributed by atoms with Crippen molar-refractivity contribution < 1.29 is 4.74 Å². The monoisotopic (exact) mass is 257 g/mol. The summed E-state index contributed by atoms with van der Waals surface area (Å²) >= 11 is 0. The van der Waals surface area contributed by atoms with Crippen molar-refractivity contribution in [3.8, 4) is 11.8 Å². The van der Waals surface area contributed by atoms with Gasteiger partial charge >= 0.3 is 6.01 Å². The van der Waals surface area contributed by atoms with Crippen molar-refractivity contribution in [3.05, 3.63) is 41.6 Å². The van der Waals surface area contributed by atoms with E-state index in [4.69, 9.17) is 10.5 Å². The van der Waals surface area contributed by atoms with E-state index in [0.29, 0.717) is 5.82 Å². The third-order valence-electron chi connectivity index (χ3n) is 2.80. The second kappa shape index (κ2) is 4.88. The smallest absolute Gasteiger partial charge is 0.323 e. The summed E-state index contributed by atoms with van der Waals surface area (Å²) in [7, 11) is 0. The molecule has 0 atom stereocenters. The Morgan fingerprint density at radius 1 is 1.16 bits per heavy atom. The summed E-state index contributed by atoms with van der Waals surface area (Å²) in [5.74, 6) is 1.17. The topological polar surface area (TPSA) is 61.0 Å². The van der Waals surface area contributed by atoms with Crippen molar-refractivity contribution in [3.63, 3.8) is 0 Å². The molecule has 0 amide bonds. The molecule has 1 aromatic carbocycles. The molecule has 2 aromatic rings. The Labute approximate surface area is 113 Å². The van der Waals surface area contributed by atoms with Crippen molar-refractivity contribution in [2.75, 3.05) is 5.73 Å². The van der Waals surface area contributed by atoms with Gasteiger partial charge in [0.2, 0.25) is 0 Å². The van der Waals surface area contributed by atoms with Crippen LogP contribution < -0.4 is 10.5 Å². The summed E-state index contributed by atoms with van der Waals surface area (Å²) in [4.78, 5) is 8.14. The molecule has 4 heteroatoms. The van der Waals surface area contributed by atoms with Gasteiger partial charge in [-0.05, 0) is 30.0 Å².